The van der Waals surface area contributed by atoms with E-state index < -0.39 is 0 Å². The first-order valence-electron chi connectivity index (χ1n) is 5.78. The fourth-order valence-electron chi connectivity index (χ4n) is 2.28. The van der Waals surface area contributed by atoms with E-state index in [1.807, 2.05) is 6.92 Å². The van der Waals surface area contributed by atoms with E-state index in [0.717, 1.165) is 24.5 Å². The fraction of sp³-hybridized carbons (Fsp3) is 0.667. The lowest BCUT2D eigenvalue weighted by Gasteiger charge is -2.22. The van der Waals surface area contributed by atoms with E-state index in [2.05, 4.69) is 16.5 Å². The van der Waals surface area contributed by atoms with Crippen molar-refractivity contribution in [3.05, 3.63) is 17.2 Å². The van der Waals surface area contributed by atoms with E-state index in [4.69, 9.17) is 0 Å². The molecule has 0 bridgehead atoms. The number of aryl methyl sites for hydroxylation is 1. The van der Waals surface area contributed by atoms with Gasteiger partial charge in [-0.1, -0.05) is 6.92 Å². The Bertz CT molecular complexity index is 420. The number of nitrogens with zero attached hydrogens (tertiary/aromatic N) is 3. The smallest absolute Gasteiger partial charge is 0.273 e. The SMILES string of the molecule is Cc1nc(C(=O)N(C)C)c2n1CCC(C)C2. The van der Waals surface area contributed by atoms with Crippen molar-refractivity contribution in [1.29, 1.82) is 0 Å². The van der Waals surface area contributed by atoms with Crippen molar-refractivity contribution in [1.82, 2.24) is 14.5 Å². The molecule has 0 saturated heterocycles. The molecule has 0 N–H and O–H groups in total. The molecule has 2 rings (SSSR count). The van der Waals surface area contributed by atoms with E-state index in [9.17, 15) is 4.79 Å². The third-order valence-corrected chi connectivity index (χ3v) is 3.26. The first kappa shape index (κ1) is 11.2. The van der Waals surface area contributed by atoms with Gasteiger partial charge in [0.05, 0.1) is 5.69 Å². The normalized spacial score (nSPS) is 19.4. The quantitative estimate of drug-likeness (QED) is 0.720. The maximum atomic E-state index is 12.0. The van der Waals surface area contributed by atoms with Crippen LogP contribution < -0.4 is 0 Å². The molecule has 0 saturated carbocycles. The van der Waals surface area contributed by atoms with Crippen LogP contribution in [-0.4, -0.2) is 34.5 Å². The largest absolute Gasteiger partial charge is 0.343 e. The summed E-state index contributed by atoms with van der Waals surface area (Å²) in [6.07, 6.45) is 2.15. The van der Waals surface area contributed by atoms with Gasteiger partial charge in [0, 0.05) is 20.6 Å². The molecule has 4 nitrogen and oxygen atoms in total. The summed E-state index contributed by atoms with van der Waals surface area (Å²) in [4.78, 5) is 18.0. The van der Waals surface area contributed by atoms with Crippen LogP contribution in [0, 0.1) is 12.8 Å². The summed E-state index contributed by atoms with van der Waals surface area (Å²) in [6.45, 7) is 5.21. The van der Waals surface area contributed by atoms with Crippen LogP contribution in [0.1, 0.15) is 35.4 Å². The standard InChI is InChI=1S/C12H19N3O/c1-8-5-6-15-9(2)13-11(10(15)7-8)12(16)14(3)4/h8H,5-7H2,1-4H3. The maximum absolute atomic E-state index is 12.0. The van der Waals surface area contributed by atoms with Crippen LogP contribution in [-0.2, 0) is 13.0 Å². The van der Waals surface area contributed by atoms with Gasteiger partial charge in [-0.3, -0.25) is 4.79 Å². The van der Waals surface area contributed by atoms with Gasteiger partial charge in [0.25, 0.3) is 5.91 Å². The molecule has 0 aliphatic carbocycles. The monoisotopic (exact) mass is 221 g/mol. The van der Waals surface area contributed by atoms with Crippen LogP contribution in [0.5, 0.6) is 0 Å². The summed E-state index contributed by atoms with van der Waals surface area (Å²) in [6, 6.07) is 0. The van der Waals surface area contributed by atoms with E-state index in [1.165, 1.54) is 6.42 Å². The summed E-state index contributed by atoms with van der Waals surface area (Å²) in [5, 5.41) is 0. The van der Waals surface area contributed by atoms with E-state index in [1.54, 1.807) is 19.0 Å². The van der Waals surface area contributed by atoms with Gasteiger partial charge in [-0.25, -0.2) is 4.98 Å². The van der Waals surface area contributed by atoms with Crippen LogP contribution in [0.2, 0.25) is 0 Å². The van der Waals surface area contributed by atoms with E-state index in [-0.39, 0.29) is 5.91 Å². The summed E-state index contributed by atoms with van der Waals surface area (Å²) in [5.74, 6) is 1.63. The van der Waals surface area contributed by atoms with Gasteiger partial charge in [-0.15, -0.1) is 0 Å². The number of hydrogen-bond donors (Lipinski definition) is 0. The van der Waals surface area contributed by atoms with Gasteiger partial charge in [-0.2, -0.15) is 0 Å². The number of amides is 1. The minimum Gasteiger partial charge on any atom is -0.343 e. The Labute approximate surface area is 96.3 Å². The number of aromatic nitrogens is 2. The Kier molecular flexibility index (Phi) is 2.74. The predicted octanol–water partition coefficient (Wildman–Crippen LogP) is 1.48. The highest BCUT2D eigenvalue weighted by Gasteiger charge is 2.26. The Morgan fingerprint density at radius 2 is 2.19 bits per heavy atom. The molecule has 4 heteroatoms. The molecule has 0 aromatic carbocycles. The molecular weight excluding hydrogens is 202 g/mol. The predicted molar refractivity (Wildman–Crippen MR) is 62.5 cm³/mol. The first-order chi connectivity index (χ1) is 7.50. The van der Waals surface area contributed by atoms with Crippen LogP contribution in [0.3, 0.4) is 0 Å². The summed E-state index contributed by atoms with van der Waals surface area (Å²) >= 11 is 0. The Morgan fingerprint density at radius 3 is 2.81 bits per heavy atom. The molecule has 1 unspecified atom stereocenters. The van der Waals surface area contributed by atoms with Gasteiger partial charge >= 0.3 is 0 Å². The molecule has 88 valence electrons. The van der Waals surface area contributed by atoms with E-state index >= 15 is 0 Å². The highest BCUT2D eigenvalue weighted by molar-refractivity contribution is 5.93. The van der Waals surface area contributed by atoms with Crippen molar-refractivity contribution in [2.75, 3.05) is 14.1 Å². The fourth-order valence-corrected chi connectivity index (χ4v) is 2.28. The Hall–Kier alpha value is -1.32. The molecule has 1 atom stereocenters. The lowest BCUT2D eigenvalue weighted by Crippen LogP contribution is -2.25. The lowest BCUT2D eigenvalue weighted by atomic mass is 9.97. The molecule has 0 spiro atoms. The van der Waals surface area contributed by atoms with Crippen molar-refractivity contribution >= 4 is 5.91 Å². The minimum atomic E-state index is 0.0194. The number of imidazole rings is 1. The number of carbonyl (C=O) groups is 1. The lowest BCUT2D eigenvalue weighted by molar-refractivity contribution is 0.0820. The number of rotatable bonds is 1. The van der Waals surface area contributed by atoms with E-state index in [0.29, 0.717) is 11.6 Å². The molecule has 1 aromatic heterocycles. The van der Waals surface area contributed by atoms with Gasteiger partial charge in [0.1, 0.15) is 11.5 Å². The number of carbonyl (C=O) groups excluding carboxylic acids is 1. The third-order valence-electron chi connectivity index (χ3n) is 3.26. The van der Waals surface area contributed by atoms with Crippen LogP contribution in [0.15, 0.2) is 0 Å². The van der Waals surface area contributed by atoms with Crippen molar-refractivity contribution in [2.45, 2.75) is 33.2 Å². The molecule has 0 radical (unpaired) electrons. The van der Waals surface area contributed by atoms with Crippen molar-refractivity contribution < 1.29 is 4.79 Å². The van der Waals surface area contributed by atoms with Gasteiger partial charge in [0.2, 0.25) is 0 Å². The summed E-state index contributed by atoms with van der Waals surface area (Å²) < 4.78 is 2.19. The molecule has 16 heavy (non-hydrogen) atoms. The van der Waals surface area contributed by atoms with Crippen molar-refractivity contribution in [3.63, 3.8) is 0 Å². The minimum absolute atomic E-state index is 0.0194. The second-order valence-electron chi connectivity index (χ2n) is 4.90. The molecule has 1 amide bonds. The number of fused-ring (bicyclic) bond motifs is 1. The average molecular weight is 221 g/mol. The zero-order valence-electron chi connectivity index (χ0n) is 10.4. The topological polar surface area (TPSA) is 38.1 Å². The van der Waals surface area contributed by atoms with Crippen LogP contribution in [0.25, 0.3) is 0 Å². The maximum Gasteiger partial charge on any atom is 0.273 e. The van der Waals surface area contributed by atoms with Crippen molar-refractivity contribution in [2.24, 2.45) is 5.92 Å². The molecule has 1 aliphatic rings. The zero-order chi connectivity index (χ0) is 11.9. The average Bonchev–Trinajstić information content (AvgIpc) is 2.54. The molecule has 1 aromatic rings. The number of hydrogen-bond acceptors (Lipinski definition) is 2. The third kappa shape index (κ3) is 1.72. The molecule has 1 aliphatic heterocycles. The van der Waals surface area contributed by atoms with Gasteiger partial charge in [0.15, 0.2) is 0 Å². The molecule has 2 heterocycles. The second kappa shape index (κ2) is 3.92. The highest BCUT2D eigenvalue weighted by atomic mass is 16.2. The van der Waals surface area contributed by atoms with Crippen LogP contribution >= 0.6 is 0 Å². The Balaban J connectivity index is 2.44. The van der Waals surface area contributed by atoms with Gasteiger partial charge in [-0.05, 0) is 25.7 Å². The summed E-state index contributed by atoms with van der Waals surface area (Å²) in [5.41, 5.74) is 1.77. The Morgan fingerprint density at radius 1 is 1.50 bits per heavy atom. The zero-order valence-corrected chi connectivity index (χ0v) is 10.4. The van der Waals surface area contributed by atoms with Gasteiger partial charge < -0.3 is 9.47 Å². The molecular formula is C12H19N3O. The van der Waals surface area contributed by atoms with Crippen molar-refractivity contribution in [3.8, 4) is 0 Å². The first-order valence-corrected chi connectivity index (χ1v) is 5.78. The summed E-state index contributed by atoms with van der Waals surface area (Å²) in [7, 11) is 3.55. The second-order valence-corrected chi connectivity index (χ2v) is 4.90. The van der Waals surface area contributed by atoms with Crippen LogP contribution in [0.4, 0.5) is 0 Å². The highest BCUT2D eigenvalue weighted by Crippen LogP contribution is 2.24. The molecule has 0 fully saturated rings.